The lowest BCUT2D eigenvalue weighted by atomic mass is 10.1. The van der Waals surface area contributed by atoms with E-state index in [0.717, 1.165) is 5.56 Å². The molecule has 3 aromatic carbocycles. The smallest absolute Gasteiger partial charge is 0.344 e. The molecule has 0 radical (unpaired) electrons. The third kappa shape index (κ3) is 4.96. The maximum absolute atomic E-state index is 12.2. The number of halogens is 1. The van der Waals surface area contributed by atoms with Crippen molar-refractivity contribution in [1.29, 1.82) is 0 Å². The number of ketones is 1. The highest BCUT2D eigenvalue weighted by Crippen LogP contribution is 2.20. The first kappa shape index (κ1) is 19.6. The van der Waals surface area contributed by atoms with Gasteiger partial charge in [0.1, 0.15) is 11.5 Å². The number of methoxy groups -OCH3 is 1. The lowest BCUT2D eigenvalue weighted by molar-refractivity contribution is 0.0733. The van der Waals surface area contributed by atoms with Crippen molar-refractivity contribution in [3.63, 3.8) is 0 Å². The maximum Gasteiger partial charge on any atom is 0.344 e. The van der Waals surface area contributed by atoms with Crippen molar-refractivity contribution in [3.05, 3.63) is 100 Å². The fraction of sp³-hybridized carbons (Fsp3) is 0.0435. The van der Waals surface area contributed by atoms with E-state index in [4.69, 9.17) is 9.47 Å². The van der Waals surface area contributed by atoms with Gasteiger partial charge >= 0.3 is 5.97 Å². The van der Waals surface area contributed by atoms with Crippen LogP contribution in [-0.4, -0.2) is 18.9 Å². The van der Waals surface area contributed by atoms with E-state index in [0.29, 0.717) is 27.1 Å². The van der Waals surface area contributed by atoms with Gasteiger partial charge in [-0.25, -0.2) is 4.79 Å². The molecule has 0 aliphatic carbocycles. The van der Waals surface area contributed by atoms with Crippen molar-refractivity contribution in [2.75, 3.05) is 7.11 Å². The second-order valence-corrected chi connectivity index (χ2v) is 6.72. The summed E-state index contributed by atoms with van der Waals surface area (Å²) < 4.78 is 11.1. The van der Waals surface area contributed by atoms with Gasteiger partial charge in [-0.1, -0.05) is 30.3 Å². The van der Waals surface area contributed by atoms with Gasteiger partial charge in [-0.2, -0.15) is 0 Å². The van der Waals surface area contributed by atoms with Crippen LogP contribution in [0.5, 0.6) is 11.5 Å². The summed E-state index contributed by atoms with van der Waals surface area (Å²) in [6.45, 7) is 0. The molecule has 0 atom stereocenters. The molecule has 0 N–H and O–H groups in total. The predicted octanol–water partition coefficient (Wildman–Crippen LogP) is 5.57. The summed E-state index contributed by atoms with van der Waals surface area (Å²) in [4.78, 5) is 24.4. The van der Waals surface area contributed by atoms with Crippen LogP contribution in [0.3, 0.4) is 0 Å². The molecule has 28 heavy (non-hydrogen) atoms. The van der Waals surface area contributed by atoms with Gasteiger partial charge < -0.3 is 9.47 Å². The molecule has 0 saturated heterocycles. The number of carbonyl (C=O) groups excluding carboxylic acids is 2. The highest BCUT2D eigenvalue weighted by molar-refractivity contribution is 9.10. The van der Waals surface area contributed by atoms with Crippen molar-refractivity contribution in [1.82, 2.24) is 0 Å². The Hall–Kier alpha value is -3.18. The van der Waals surface area contributed by atoms with Gasteiger partial charge in [0.15, 0.2) is 5.78 Å². The Bertz CT molecular complexity index is 1010. The van der Waals surface area contributed by atoms with E-state index in [1.807, 2.05) is 6.07 Å². The van der Waals surface area contributed by atoms with Crippen molar-refractivity contribution >= 4 is 33.8 Å². The molecule has 0 aliphatic rings. The van der Waals surface area contributed by atoms with Crippen LogP contribution in [0.25, 0.3) is 6.08 Å². The normalized spacial score (nSPS) is 10.6. The molecular weight excluding hydrogens is 420 g/mol. The summed E-state index contributed by atoms with van der Waals surface area (Å²) in [6, 6.07) is 20.9. The predicted molar refractivity (Wildman–Crippen MR) is 112 cm³/mol. The SMILES string of the molecule is COc1ccc(C(=O)C=Cc2ccc(OC(=O)c3ccccc3Br)cc2)cc1. The Labute approximate surface area is 171 Å². The minimum atomic E-state index is -0.439. The van der Waals surface area contributed by atoms with E-state index >= 15 is 0 Å². The number of carbonyl (C=O) groups is 2. The van der Waals surface area contributed by atoms with E-state index in [1.54, 1.807) is 79.9 Å². The summed E-state index contributed by atoms with van der Waals surface area (Å²) in [5.74, 6) is 0.588. The summed E-state index contributed by atoms with van der Waals surface area (Å²) in [5.41, 5.74) is 1.86. The monoisotopic (exact) mass is 436 g/mol. The molecule has 4 nitrogen and oxygen atoms in total. The molecule has 5 heteroatoms. The average Bonchev–Trinajstić information content (AvgIpc) is 2.73. The van der Waals surface area contributed by atoms with Crippen molar-refractivity contribution in [2.45, 2.75) is 0 Å². The lowest BCUT2D eigenvalue weighted by Gasteiger charge is -2.06. The van der Waals surface area contributed by atoms with E-state index in [2.05, 4.69) is 15.9 Å². The number of allylic oxidation sites excluding steroid dienone is 1. The van der Waals surface area contributed by atoms with E-state index < -0.39 is 5.97 Å². The van der Waals surface area contributed by atoms with Crippen molar-refractivity contribution < 1.29 is 19.1 Å². The minimum absolute atomic E-state index is 0.105. The Morgan fingerprint density at radius 2 is 1.50 bits per heavy atom. The van der Waals surface area contributed by atoms with Crippen LogP contribution < -0.4 is 9.47 Å². The topological polar surface area (TPSA) is 52.6 Å². The van der Waals surface area contributed by atoms with Crippen LogP contribution in [0, 0.1) is 0 Å². The van der Waals surface area contributed by atoms with E-state index in [9.17, 15) is 9.59 Å². The van der Waals surface area contributed by atoms with Gasteiger partial charge in [0.05, 0.1) is 12.7 Å². The number of hydrogen-bond acceptors (Lipinski definition) is 4. The second-order valence-electron chi connectivity index (χ2n) is 5.86. The molecule has 0 spiro atoms. The highest BCUT2D eigenvalue weighted by atomic mass is 79.9. The van der Waals surface area contributed by atoms with Gasteiger partial charge in [0, 0.05) is 10.0 Å². The fourth-order valence-electron chi connectivity index (χ4n) is 2.46. The molecule has 0 unspecified atom stereocenters. The zero-order chi connectivity index (χ0) is 19.9. The number of rotatable bonds is 6. The molecule has 0 aliphatic heterocycles. The molecular formula is C23H17BrO4. The average molecular weight is 437 g/mol. The summed E-state index contributed by atoms with van der Waals surface area (Å²) in [6.07, 6.45) is 3.22. The van der Waals surface area contributed by atoms with Crippen molar-refractivity contribution in [2.24, 2.45) is 0 Å². The molecule has 140 valence electrons. The van der Waals surface area contributed by atoms with E-state index in [-0.39, 0.29) is 5.78 Å². The van der Waals surface area contributed by atoms with Crippen LogP contribution in [0.2, 0.25) is 0 Å². The summed E-state index contributed by atoms with van der Waals surface area (Å²) >= 11 is 3.33. The molecule has 0 saturated carbocycles. The van der Waals surface area contributed by atoms with Gasteiger partial charge in [-0.3, -0.25) is 4.79 Å². The number of hydrogen-bond donors (Lipinski definition) is 0. The molecule has 3 rings (SSSR count). The Kier molecular flexibility index (Phi) is 6.40. The standard InChI is InChI=1S/C23H17BrO4/c1-27-18-13-9-17(10-14-18)22(25)15-8-16-6-11-19(12-7-16)28-23(26)20-4-2-3-5-21(20)24/h2-15H,1H3. The quantitative estimate of drug-likeness (QED) is 0.219. The minimum Gasteiger partial charge on any atom is -0.497 e. The van der Waals surface area contributed by atoms with Crippen LogP contribution >= 0.6 is 15.9 Å². The van der Waals surface area contributed by atoms with Gasteiger partial charge in [-0.05, 0) is 76.1 Å². The number of benzene rings is 3. The zero-order valence-corrected chi connectivity index (χ0v) is 16.7. The summed E-state index contributed by atoms with van der Waals surface area (Å²) in [7, 11) is 1.58. The number of esters is 1. The van der Waals surface area contributed by atoms with Gasteiger partial charge in [0.25, 0.3) is 0 Å². The first-order valence-corrected chi connectivity index (χ1v) is 9.29. The lowest BCUT2D eigenvalue weighted by Crippen LogP contribution is -2.09. The summed E-state index contributed by atoms with van der Waals surface area (Å²) in [5, 5.41) is 0. The fourth-order valence-corrected chi connectivity index (χ4v) is 2.91. The van der Waals surface area contributed by atoms with Crippen LogP contribution in [-0.2, 0) is 0 Å². The molecule has 0 heterocycles. The Morgan fingerprint density at radius 1 is 0.857 bits per heavy atom. The van der Waals surface area contributed by atoms with Crippen LogP contribution in [0.4, 0.5) is 0 Å². The van der Waals surface area contributed by atoms with Gasteiger partial charge in [0.2, 0.25) is 0 Å². The Balaban J connectivity index is 1.63. The zero-order valence-electron chi connectivity index (χ0n) is 15.1. The first-order valence-electron chi connectivity index (χ1n) is 8.50. The van der Waals surface area contributed by atoms with Crippen LogP contribution in [0.15, 0.2) is 83.3 Å². The second kappa shape index (κ2) is 9.15. The molecule has 3 aromatic rings. The highest BCUT2D eigenvalue weighted by Gasteiger charge is 2.11. The first-order chi connectivity index (χ1) is 13.6. The van der Waals surface area contributed by atoms with Crippen molar-refractivity contribution in [3.8, 4) is 11.5 Å². The molecule has 0 bridgehead atoms. The maximum atomic E-state index is 12.2. The third-order valence-corrected chi connectivity index (χ3v) is 4.68. The molecule has 0 amide bonds. The number of ether oxygens (including phenoxy) is 2. The van der Waals surface area contributed by atoms with Gasteiger partial charge in [-0.15, -0.1) is 0 Å². The Morgan fingerprint density at radius 3 is 2.14 bits per heavy atom. The third-order valence-electron chi connectivity index (χ3n) is 3.99. The molecule has 0 fully saturated rings. The molecule has 0 aromatic heterocycles. The van der Waals surface area contributed by atoms with E-state index in [1.165, 1.54) is 6.08 Å². The van der Waals surface area contributed by atoms with Crippen LogP contribution in [0.1, 0.15) is 26.3 Å². The largest absolute Gasteiger partial charge is 0.497 e.